The molecule has 0 saturated carbocycles. The lowest BCUT2D eigenvalue weighted by Crippen LogP contribution is -2.30. The number of ether oxygens (including phenoxy) is 4. The Morgan fingerprint density at radius 3 is 0.739 bits per heavy atom. The van der Waals surface area contributed by atoms with Gasteiger partial charge in [-0.1, -0.05) is 330 Å². The number of hydrogen-bond acceptors (Lipinski definition) is 15. The van der Waals surface area contributed by atoms with Crippen molar-refractivity contribution >= 4 is 39.5 Å². The maximum Gasteiger partial charge on any atom is 0.472 e. The highest BCUT2D eigenvalue weighted by Gasteiger charge is 2.30. The third-order valence-electron chi connectivity index (χ3n) is 17.0. The average Bonchev–Trinajstić information content (AvgIpc) is 1.95. The molecule has 0 aliphatic rings. The van der Waals surface area contributed by atoms with Gasteiger partial charge in [0, 0.05) is 25.7 Å². The highest BCUT2D eigenvalue weighted by molar-refractivity contribution is 7.47. The zero-order valence-electron chi connectivity index (χ0n) is 59.7. The second-order valence-corrected chi connectivity index (χ2v) is 29.7. The van der Waals surface area contributed by atoms with Crippen molar-refractivity contribution in [2.75, 3.05) is 39.6 Å². The summed E-state index contributed by atoms with van der Waals surface area (Å²) in [6, 6.07) is 0. The van der Waals surface area contributed by atoms with Crippen molar-refractivity contribution in [2.45, 2.75) is 400 Å². The molecular weight excluding hydrogens is 1210 g/mol. The topological polar surface area (TPSA) is 237 Å². The molecule has 0 aromatic rings. The summed E-state index contributed by atoms with van der Waals surface area (Å²) < 4.78 is 68.2. The average molecular weight is 1350 g/mol. The standard InChI is InChI=1S/C73H142O17P2/c1-6-9-12-15-18-20-21-22-23-24-25-29-32-35-38-43-47-52-57-71(76)84-63-69(90-73(78)59-54-49-44-39-36-33-30-27-26-28-31-34-37-41-45-50-55-66(4)5)65-88-92(81,82)86-61-67(74)60-85-91(79,80)87-64-68(62-83-70(75)56-51-46-40-17-14-11-8-3)89-72(77)58-53-48-42-19-16-13-10-7-2/h66-69,74H,6-65H2,1-5H3,(H,79,80)(H,81,82)/t67-,68+,69+/m0/s1. The predicted octanol–water partition coefficient (Wildman–Crippen LogP) is 21.3. The number of esters is 4. The SMILES string of the molecule is CCCCCCCCCCCCCCCCCCCCC(=O)OC[C@H](COP(=O)(O)OC[C@@H](O)COP(=O)(O)OC[C@@H](COC(=O)CCCCCCCCC)OC(=O)CCCCCCCCCC)OC(=O)CCCCCCCCCCCCCCCCCCC(C)C. The Bertz CT molecular complexity index is 1770. The van der Waals surface area contributed by atoms with Gasteiger partial charge in [0.25, 0.3) is 0 Å². The van der Waals surface area contributed by atoms with Crippen LogP contribution in [-0.2, 0) is 65.4 Å². The van der Waals surface area contributed by atoms with Crippen LogP contribution in [0.4, 0.5) is 0 Å². The van der Waals surface area contributed by atoms with Crippen molar-refractivity contribution in [3.63, 3.8) is 0 Å². The highest BCUT2D eigenvalue weighted by Crippen LogP contribution is 2.45. The largest absolute Gasteiger partial charge is 0.472 e. The summed E-state index contributed by atoms with van der Waals surface area (Å²) in [6.45, 7) is 7.23. The van der Waals surface area contributed by atoms with Crippen molar-refractivity contribution in [3.05, 3.63) is 0 Å². The van der Waals surface area contributed by atoms with E-state index in [-0.39, 0.29) is 25.7 Å². The molecule has 0 heterocycles. The van der Waals surface area contributed by atoms with Crippen LogP contribution in [0.1, 0.15) is 381 Å². The van der Waals surface area contributed by atoms with Gasteiger partial charge in [-0.15, -0.1) is 0 Å². The summed E-state index contributed by atoms with van der Waals surface area (Å²) in [6.07, 6.45) is 54.4. The molecule has 19 heteroatoms. The van der Waals surface area contributed by atoms with Gasteiger partial charge in [0.05, 0.1) is 26.4 Å². The van der Waals surface area contributed by atoms with Gasteiger partial charge < -0.3 is 33.8 Å². The molecule has 0 spiro atoms. The molecule has 0 aliphatic heterocycles. The van der Waals surface area contributed by atoms with Gasteiger partial charge in [0.2, 0.25) is 0 Å². The number of carbonyl (C=O) groups excluding carboxylic acids is 4. The molecule has 0 rings (SSSR count). The summed E-state index contributed by atoms with van der Waals surface area (Å²) in [5.74, 6) is -1.32. The van der Waals surface area contributed by atoms with Gasteiger partial charge >= 0.3 is 39.5 Å². The zero-order valence-corrected chi connectivity index (χ0v) is 61.5. The minimum atomic E-state index is -4.95. The molecule has 92 heavy (non-hydrogen) atoms. The van der Waals surface area contributed by atoms with Crippen LogP contribution in [0.3, 0.4) is 0 Å². The summed E-state index contributed by atoms with van der Waals surface area (Å²) in [5, 5.41) is 10.6. The number of carbonyl (C=O) groups is 4. The smallest absolute Gasteiger partial charge is 0.462 e. The Hall–Kier alpha value is -1.94. The van der Waals surface area contributed by atoms with E-state index in [0.717, 1.165) is 115 Å². The monoisotopic (exact) mass is 1350 g/mol. The first-order chi connectivity index (χ1) is 44.5. The molecule has 0 amide bonds. The van der Waals surface area contributed by atoms with Crippen molar-refractivity contribution in [1.82, 2.24) is 0 Å². The van der Waals surface area contributed by atoms with Crippen LogP contribution >= 0.6 is 15.6 Å². The highest BCUT2D eigenvalue weighted by atomic mass is 31.2. The Morgan fingerprint density at radius 2 is 0.500 bits per heavy atom. The molecule has 0 aromatic carbocycles. The lowest BCUT2D eigenvalue weighted by molar-refractivity contribution is -0.161. The zero-order chi connectivity index (χ0) is 67.7. The molecule has 17 nitrogen and oxygen atoms in total. The van der Waals surface area contributed by atoms with Gasteiger partial charge in [-0.05, 0) is 31.6 Å². The second kappa shape index (κ2) is 66.3. The van der Waals surface area contributed by atoms with E-state index in [4.69, 9.17) is 37.0 Å². The molecule has 5 atom stereocenters. The van der Waals surface area contributed by atoms with Gasteiger partial charge in [0.1, 0.15) is 19.3 Å². The second-order valence-electron chi connectivity index (χ2n) is 26.8. The molecule has 0 bridgehead atoms. The van der Waals surface area contributed by atoms with Gasteiger partial charge in [-0.3, -0.25) is 37.3 Å². The fourth-order valence-electron chi connectivity index (χ4n) is 11.2. The number of phosphoric ester groups is 2. The maximum atomic E-state index is 13.1. The van der Waals surface area contributed by atoms with E-state index in [9.17, 15) is 43.2 Å². The number of aliphatic hydroxyl groups is 1. The molecule has 2 unspecified atom stereocenters. The quantitative estimate of drug-likeness (QED) is 0.0222. The molecule has 546 valence electrons. The third kappa shape index (κ3) is 66.7. The number of hydrogen-bond donors (Lipinski definition) is 3. The summed E-state index contributed by atoms with van der Waals surface area (Å²) in [4.78, 5) is 72.4. The molecule has 0 aromatic heterocycles. The van der Waals surface area contributed by atoms with E-state index in [1.54, 1.807) is 0 Å². The fourth-order valence-corrected chi connectivity index (χ4v) is 12.8. The number of phosphoric acid groups is 2. The van der Waals surface area contributed by atoms with Crippen molar-refractivity contribution in [1.29, 1.82) is 0 Å². The van der Waals surface area contributed by atoms with Crippen LogP contribution in [0.2, 0.25) is 0 Å². The molecule has 0 aliphatic carbocycles. The minimum absolute atomic E-state index is 0.105. The Labute approximate surface area is 562 Å². The van der Waals surface area contributed by atoms with Crippen LogP contribution in [0.5, 0.6) is 0 Å². The Balaban J connectivity index is 5.14. The van der Waals surface area contributed by atoms with Crippen LogP contribution in [0, 0.1) is 5.92 Å². The lowest BCUT2D eigenvalue weighted by atomic mass is 10.0. The van der Waals surface area contributed by atoms with E-state index in [0.29, 0.717) is 25.7 Å². The molecule has 0 fully saturated rings. The Morgan fingerprint density at radius 1 is 0.293 bits per heavy atom. The van der Waals surface area contributed by atoms with Crippen molar-refractivity contribution in [2.24, 2.45) is 5.92 Å². The van der Waals surface area contributed by atoms with Crippen LogP contribution < -0.4 is 0 Å². The van der Waals surface area contributed by atoms with Crippen LogP contribution in [0.25, 0.3) is 0 Å². The first-order valence-corrected chi connectivity index (χ1v) is 41.1. The lowest BCUT2D eigenvalue weighted by Gasteiger charge is -2.21. The van der Waals surface area contributed by atoms with E-state index in [2.05, 4.69) is 34.6 Å². The number of unbranched alkanes of at least 4 members (excludes halogenated alkanes) is 45. The summed E-state index contributed by atoms with van der Waals surface area (Å²) >= 11 is 0. The van der Waals surface area contributed by atoms with E-state index >= 15 is 0 Å². The molecule has 0 radical (unpaired) electrons. The van der Waals surface area contributed by atoms with Crippen LogP contribution in [0.15, 0.2) is 0 Å². The predicted molar refractivity (Wildman–Crippen MR) is 372 cm³/mol. The minimum Gasteiger partial charge on any atom is -0.462 e. The first-order valence-electron chi connectivity index (χ1n) is 38.1. The maximum absolute atomic E-state index is 13.1. The van der Waals surface area contributed by atoms with E-state index in [1.807, 2.05) is 0 Å². The third-order valence-corrected chi connectivity index (χ3v) is 18.9. The normalized spacial score (nSPS) is 14.0. The molecular formula is C73H142O17P2. The van der Waals surface area contributed by atoms with Crippen molar-refractivity contribution < 1.29 is 80.2 Å². The van der Waals surface area contributed by atoms with E-state index < -0.39 is 97.5 Å². The van der Waals surface area contributed by atoms with Gasteiger partial charge in [-0.25, -0.2) is 9.13 Å². The number of rotatable bonds is 73. The molecule has 0 saturated heterocycles. The summed E-state index contributed by atoms with van der Waals surface area (Å²) in [5.41, 5.74) is 0. The van der Waals surface area contributed by atoms with Crippen LogP contribution in [-0.4, -0.2) is 96.7 Å². The van der Waals surface area contributed by atoms with Gasteiger partial charge in [-0.2, -0.15) is 0 Å². The van der Waals surface area contributed by atoms with Crippen molar-refractivity contribution in [3.8, 4) is 0 Å². The van der Waals surface area contributed by atoms with E-state index in [1.165, 1.54) is 186 Å². The summed E-state index contributed by atoms with van der Waals surface area (Å²) in [7, 11) is -9.89. The first kappa shape index (κ1) is 90.1. The fraction of sp³-hybridized carbons (Fsp3) is 0.945. The Kier molecular flexibility index (Phi) is 64.9. The number of aliphatic hydroxyl groups excluding tert-OH is 1. The van der Waals surface area contributed by atoms with Gasteiger partial charge in [0.15, 0.2) is 12.2 Å². The molecule has 3 N–H and O–H groups in total.